The van der Waals surface area contributed by atoms with Crippen LogP contribution in [0.3, 0.4) is 0 Å². The van der Waals surface area contributed by atoms with Gasteiger partial charge in [0.15, 0.2) is 0 Å². The smallest absolute Gasteiger partial charge is 0.0701 e. The van der Waals surface area contributed by atoms with Crippen molar-refractivity contribution in [1.29, 1.82) is 0 Å². The topological polar surface area (TPSA) is 39.1 Å². The van der Waals surface area contributed by atoms with E-state index in [0.717, 1.165) is 13.0 Å². The van der Waals surface area contributed by atoms with Crippen LogP contribution in [0.25, 0.3) is 0 Å². The van der Waals surface area contributed by atoms with E-state index >= 15 is 0 Å². The fourth-order valence-corrected chi connectivity index (χ4v) is 5.14. The molecule has 1 N–H and O–H groups in total. The molecular formula is C16H27N3OS. The lowest BCUT2D eigenvalue weighted by Gasteiger charge is -2.45. The maximum absolute atomic E-state index is 6.24. The van der Waals surface area contributed by atoms with Crippen LogP contribution in [0.1, 0.15) is 43.0 Å². The number of hydrogen-bond donors (Lipinski definition) is 1. The van der Waals surface area contributed by atoms with Crippen LogP contribution in [0, 0.1) is 12.8 Å². The van der Waals surface area contributed by atoms with Crippen LogP contribution < -0.4 is 5.32 Å². The Balaban J connectivity index is 1.79. The first-order chi connectivity index (χ1) is 10.2. The van der Waals surface area contributed by atoms with Gasteiger partial charge >= 0.3 is 0 Å². The summed E-state index contributed by atoms with van der Waals surface area (Å²) in [6, 6.07) is 0.397. The summed E-state index contributed by atoms with van der Waals surface area (Å²) in [7, 11) is 4.10. The summed E-state index contributed by atoms with van der Waals surface area (Å²) in [5, 5.41) is 7.98. The average molecular weight is 309 g/mol. The summed E-state index contributed by atoms with van der Waals surface area (Å²) in [5.74, 6) is 3.15. The summed E-state index contributed by atoms with van der Waals surface area (Å²) < 4.78 is 8.22. The summed E-state index contributed by atoms with van der Waals surface area (Å²) in [6.07, 6.45) is 6.81. The Kier molecular flexibility index (Phi) is 4.62. The second-order valence-electron chi connectivity index (χ2n) is 6.47. The normalized spacial score (nSPS) is 26.9. The number of thioether (sulfide) groups is 1. The first kappa shape index (κ1) is 15.4. The Morgan fingerprint density at radius 3 is 2.86 bits per heavy atom. The van der Waals surface area contributed by atoms with Gasteiger partial charge in [0.05, 0.1) is 11.8 Å². The van der Waals surface area contributed by atoms with Crippen molar-refractivity contribution in [3.8, 4) is 0 Å². The van der Waals surface area contributed by atoms with Gasteiger partial charge in [-0.25, -0.2) is 0 Å². The van der Waals surface area contributed by atoms with Gasteiger partial charge in [-0.1, -0.05) is 0 Å². The zero-order valence-electron chi connectivity index (χ0n) is 13.4. The molecule has 3 rings (SSSR count). The molecular weight excluding hydrogens is 282 g/mol. The van der Waals surface area contributed by atoms with E-state index in [-0.39, 0.29) is 5.60 Å². The number of rotatable bonds is 3. The van der Waals surface area contributed by atoms with Crippen molar-refractivity contribution in [3.63, 3.8) is 0 Å². The summed E-state index contributed by atoms with van der Waals surface area (Å²) in [4.78, 5) is 0. The van der Waals surface area contributed by atoms with Gasteiger partial charge in [0.1, 0.15) is 0 Å². The third-order valence-electron chi connectivity index (χ3n) is 5.33. The fourth-order valence-electron chi connectivity index (χ4n) is 3.91. The SMILES string of the molecule is CNC(c1cnn(C)c1C)C1CCOC2(CCSCC2)C1. The molecule has 0 amide bonds. The molecule has 3 heterocycles. The highest BCUT2D eigenvalue weighted by Gasteiger charge is 2.41. The Morgan fingerprint density at radius 2 is 2.24 bits per heavy atom. The highest BCUT2D eigenvalue weighted by atomic mass is 32.2. The lowest BCUT2D eigenvalue weighted by Crippen LogP contribution is -2.45. The minimum absolute atomic E-state index is 0.152. The second-order valence-corrected chi connectivity index (χ2v) is 7.70. The Labute approximate surface area is 132 Å². The van der Waals surface area contributed by atoms with Gasteiger partial charge in [-0.3, -0.25) is 4.68 Å². The average Bonchev–Trinajstić information content (AvgIpc) is 2.82. The molecule has 2 saturated heterocycles. The summed E-state index contributed by atoms with van der Waals surface area (Å²) in [6.45, 7) is 3.08. The third kappa shape index (κ3) is 3.01. The van der Waals surface area contributed by atoms with Crippen molar-refractivity contribution < 1.29 is 4.74 Å². The molecule has 4 nitrogen and oxygen atoms in total. The van der Waals surface area contributed by atoms with Crippen LogP contribution in [0.15, 0.2) is 6.20 Å². The first-order valence-corrected chi connectivity index (χ1v) is 9.18. The number of ether oxygens (including phenoxy) is 1. The Bertz CT molecular complexity index is 476. The Hall–Kier alpha value is -0.520. The molecule has 5 heteroatoms. The largest absolute Gasteiger partial charge is 0.375 e. The number of nitrogens with one attached hydrogen (secondary N) is 1. The van der Waals surface area contributed by atoms with E-state index in [2.05, 4.69) is 36.1 Å². The van der Waals surface area contributed by atoms with E-state index < -0.39 is 0 Å². The first-order valence-electron chi connectivity index (χ1n) is 8.03. The zero-order chi connectivity index (χ0) is 14.9. The highest BCUT2D eigenvalue weighted by molar-refractivity contribution is 7.99. The van der Waals surface area contributed by atoms with Gasteiger partial charge in [-0.05, 0) is 57.1 Å². The van der Waals surface area contributed by atoms with E-state index in [1.54, 1.807) is 0 Å². The fraction of sp³-hybridized carbons (Fsp3) is 0.812. The molecule has 1 aromatic rings. The summed E-state index contributed by atoms with van der Waals surface area (Å²) in [5.41, 5.74) is 2.78. The molecule has 2 aliphatic rings. The van der Waals surface area contributed by atoms with Gasteiger partial charge < -0.3 is 10.1 Å². The molecule has 1 spiro atoms. The summed E-state index contributed by atoms with van der Waals surface area (Å²) >= 11 is 2.07. The minimum atomic E-state index is 0.152. The molecule has 2 aliphatic heterocycles. The molecule has 2 fully saturated rings. The Morgan fingerprint density at radius 1 is 1.48 bits per heavy atom. The van der Waals surface area contributed by atoms with Crippen LogP contribution in [0.5, 0.6) is 0 Å². The van der Waals surface area contributed by atoms with Crippen LogP contribution >= 0.6 is 11.8 Å². The molecule has 0 bridgehead atoms. The van der Waals surface area contributed by atoms with E-state index in [1.807, 2.05) is 17.9 Å². The maximum Gasteiger partial charge on any atom is 0.0701 e. The quantitative estimate of drug-likeness (QED) is 0.932. The lowest BCUT2D eigenvalue weighted by molar-refractivity contribution is -0.107. The maximum atomic E-state index is 6.24. The predicted molar refractivity (Wildman–Crippen MR) is 87.7 cm³/mol. The standard InChI is InChI=1S/C16H27N3OS/c1-12-14(11-18-19(12)3)15(17-2)13-4-7-20-16(10-13)5-8-21-9-6-16/h11,13,15,17H,4-10H2,1-3H3. The number of aromatic nitrogens is 2. The predicted octanol–water partition coefficient (Wildman–Crippen LogP) is 2.68. The van der Waals surface area contributed by atoms with Crippen LogP contribution in [0.2, 0.25) is 0 Å². The molecule has 2 unspecified atom stereocenters. The molecule has 1 aromatic heterocycles. The molecule has 0 saturated carbocycles. The van der Waals surface area contributed by atoms with Gasteiger partial charge in [-0.15, -0.1) is 0 Å². The van der Waals surface area contributed by atoms with E-state index in [4.69, 9.17) is 4.74 Å². The minimum Gasteiger partial charge on any atom is -0.375 e. The second kappa shape index (κ2) is 6.31. The van der Waals surface area contributed by atoms with Crippen molar-refractivity contribution in [2.24, 2.45) is 13.0 Å². The van der Waals surface area contributed by atoms with Crippen molar-refractivity contribution >= 4 is 11.8 Å². The number of aryl methyl sites for hydroxylation is 1. The molecule has 0 aromatic carbocycles. The molecule has 118 valence electrons. The number of hydrogen-bond acceptors (Lipinski definition) is 4. The lowest BCUT2D eigenvalue weighted by atomic mass is 9.77. The van der Waals surface area contributed by atoms with E-state index in [1.165, 1.54) is 42.0 Å². The van der Waals surface area contributed by atoms with Crippen LogP contribution in [-0.4, -0.2) is 40.5 Å². The molecule has 0 radical (unpaired) electrons. The van der Waals surface area contributed by atoms with E-state index in [9.17, 15) is 0 Å². The van der Waals surface area contributed by atoms with E-state index in [0.29, 0.717) is 12.0 Å². The van der Waals surface area contributed by atoms with Gasteiger partial charge in [0.2, 0.25) is 0 Å². The molecule has 21 heavy (non-hydrogen) atoms. The number of nitrogens with zero attached hydrogens (tertiary/aromatic N) is 2. The molecule has 2 atom stereocenters. The van der Waals surface area contributed by atoms with Crippen molar-refractivity contribution in [3.05, 3.63) is 17.5 Å². The van der Waals surface area contributed by atoms with Crippen molar-refractivity contribution in [2.75, 3.05) is 25.2 Å². The van der Waals surface area contributed by atoms with Crippen LogP contribution in [-0.2, 0) is 11.8 Å². The monoisotopic (exact) mass is 309 g/mol. The van der Waals surface area contributed by atoms with Crippen LogP contribution in [0.4, 0.5) is 0 Å². The van der Waals surface area contributed by atoms with Gasteiger partial charge in [-0.2, -0.15) is 16.9 Å². The van der Waals surface area contributed by atoms with Crippen molar-refractivity contribution in [2.45, 2.75) is 44.2 Å². The molecule has 0 aliphatic carbocycles. The van der Waals surface area contributed by atoms with Gasteiger partial charge in [0.25, 0.3) is 0 Å². The third-order valence-corrected chi connectivity index (χ3v) is 6.31. The van der Waals surface area contributed by atoms with Crippen molar-refractivity contribution in [1.82, 2.24) is 15.1 Å². The van der Waals surface area contributed by atoms with Gasteiger partial charge in [0, 0.05) is 31.0 Å². The zero-order valence-corrected chi connectivity index (χ0v) is 14.2. The highest BCUT2D eigenvalue weighted by Crippen LogP contribution is 2.43.